The van der Waals surface area contributed by atoms with Crippen LogP contribution in [0.5, 0.6) is 0 Å². The maximum atomic E-state index is 15.9. The lowest BCUT2D eigenvalue weighted by Gasteiger charge is -2.47. The molecular formula is C22H23F3N2O3S. The van der Waals surface area contributed by atoms with Gasteiger partial charge in [0, 0.05) is 25.6 Å². The average molecular weight is 452 g/mol. The molecule has 1 aliphatic carbocycles. The smallest absolute Gasteiger partial charge is 0.229 e. The third-order valence-electron chi connectivity index (χ3n) is 6.18. The molecule has 2 aromatic rings. The Morgan fingerprint density at radius 2 is 1.81 bits per heavy atom. The van der Waals surface area contributed by atoms with Crippen LogP contribution in [0, 0.1) is 23.5 Å². The quantitative estimate of drug-likeness (QED) is 0.732. The minimum absolute atomic E-state index is 0.0643. The van der Waals surface area contributed by atoms with Crippen molar-refractivity contribution >= 4 is 15.9 Å². The molecule has 0 bridgehead atoms. The number of alkyl halides is 1. The van der Waals surface area contributed by atoms with Gasteiger partial charge in [0.15, 0.2) is 0 Å². The molecule has 2 fully saturated rings. The number of likely N-dealkylation sites (tertiary alicyclic amines) is 1. The normalized spacial score (nSPS) is 27.6. The van der Waals surface area contributed by atoms with Crippen molar-refractivity contribution < 1.29 is 26.4 Å². The van der Waals surface area contributed by atoms with Crippen molar-refractivity contribution in [3.05, 3.63) is 59.7 Å². The van der Waals surface area contributed by atoms with E-state index in [-0.39, 0.29) is 41.6 Å². The number of halogens is 3. The van der Waals surface area contributed by atoms with Crippen LogP contribution in [0.1, 0.15) is 18.9 Å². The number of amides is 1. The van der Waals surface area contributed by atoms with Gasteiger partial charge in [0.2, 0.25) is 15.9 Å². The number of nitrogens with zero attached hydrogens (tertiary/aromatic N) is 1. The van der Waals surface area contributed by atoms with E-state index in [1.165, 1.54) is 23.1 Å². The van der Waals surface area contributed by atoms with E-state index in [1.807, 2.05) is 6.92 Å². The summed E-state index contributed by atoms with van der Waals surface area (Å²) in [7, 11) is -3.42. The van der Waals surface area contributed by atoms with Gasteiger partial charge in [0.05, 0.1) is 17.7 Å². The van der Waals surface area contributed by atoms with Gasteiger partial charge in [-0.15, -0.1) is 0 Å². The van der Waals surface area contributed by atoms with Crippen molar-refractivity contribution in [2.75, 3.05) is 19.3 Å². The zero-order chi connectivity index (χ0) is 22.6. The van der Waals surface area contributed by atoms with Gasteiger partial charge in [-0.25, -0.2) is 26.3 Å². The first kappa shape index (κ1) is 21.8. The molecule has 0 aromatic heterocycles. The summed E-state index contributed by atoms with van der Waals surface area (Å²) in [4.78, 5) is 14.5. The zero-order valence-corrected chi connectivity index (χ0v) is 17.9. The van der Waals surface area contributed by atoms with Gasteiger partial charge in [-0.05, 0) is 29.2 Å². The lowest BCUT2D eigenvalue weighted by molar-refractivity contribution is -0.145. The maximum absolute atomic E-state index is 15.9. The number of sulfonamides is 1. The van der Waals surface area contributed by atoms with E-state index >= 15 is 4.39 Å². The summed E-state index contributed by atoms with van der Waals surface area (Å²) in [5.41, 5.74) is -2.18. The van der Waals surface area contributed by atoms with E-state index in [4.69, 9.17) is 0 Å². The van der Waals surface area contributed by atoms with Gasteiger partial charge in [-0.3, -0.25) is 4.79 Å². The Hall–Kier alpha value is -2.39. The molecule has 1 saturated heterocycles. The molecule has 2 aromatic carbocycles. The maximum Gasteiger partial charge on any atom is 0.229 e. The molecule has 9 heteroatoms. The Morgan fingerprint density at radius 3 is 2.42 bits per heavy atom. The molecule has 5 nitrogen and oxygen atoms in total. The Kier molecular flexibility index (Phi) is 5.37. The minimum atomic E-state index is -3.42. The van der Waals surface area contributed by atoms with Crippen LogP contribution < -0.4 is 4.72 Å². The fourth-order valence-electron chi connectivity index (χ4n) is 4.38. The summed E-state index contributed by atoms with van der Waals surface area (Å²) < 4.78 is 69.7. The number of hydrogen-bond acceptors (Lipinski definition) is 3. The second-order valence-corrected chi connectivity index (χ2v) is 10.3. The highest BCUT2D eigenvalue weighted by Gasteiger charge is 2.64. The van der Waals surface area contributed by atoms with Crippen molar-refractivity contribution in [1.29, 1.82) is 0 Å². The summed E-state index contributed by atoms with van der Waals surface area (Å²) in [5.74, 6) is -2.92. The fourth-order valence-corrected chi connectivity index (χ4v) is 4.85. The summed E-state index contributed by atoms with van der Waals surface area (Å²) in [6, 6.07) is 9.14. The van der Waals surface area contributed by atoms with Crippen molar-refractivity contribution in [3.63, 3.8) is 0 Å². The van der Waals surface area contributed by atoms with Crippen molar-refractivity contribution in [1.82, 2.24) is 9.62 Å². The van der Waals surface area contributed by atoms with Crippen LogP contribution in [0.3, 0.4) is 0 Å². The highest BCUT2D eigenvalue weighted by molar-refractivity contribution is 7.88. The molecule has 166 valence electrons. The van der Waals surface area contributed by atoms with Crippen LogP contribution >= 0.6 is 0 Å². The summed E-state index contributed by atoms with van der Waals surface area (Å²) >= 11 is 0. The third kappa shape index (κ3) is 3.96. The zero-order valence-electron chi connectivity index (χ0n) is 17.1. The second-order valence-electron chi connectivity index (χ2n) is 8.42. The van der Waals surface area contributed by atoms with Crippen molar-refractivity contribution in [3.8, 4) is 11.1 Å². The van der Waals surface area contributed by atoms with Crippen LogP contribution in [0.2, 0.25) is 0 Å². The highest BCUT2D eigenvalue weighted by atomic mass is 32.2. The van der Waals surface area contributed by atoms with Crippen LogP contribution in [0.25, 0.3) is 11.1 Å². The second kappa shape index (κ2) is 7.63. The number of hydrogen-bond donors (Lipinski definition) is 1. The van der Waals surface area contributed by atoms with Crippen molar-refractivity contribution in [2.24, 2.45) is 11.8 Å². The van der Waals surface area contributed by atoms with E-state index in [0.29, 0.717) is 6.54 Å². The molecule has 1 aliphatic heterocycles. The molecule has 2 aliphatic rings. The number of carbonyl (C=O) groups is 1. The monoisotopic (exact) mass is 452 g/mol. The van der Waals surface area contributed by atoms with Gasteiger partial charge in [0.1, 0.15) is 17.3 Å². The molecule has 1 N–H and O–H groups in total. The molecule has 4 rings (SSSR count). The Balaban J connectivity index is 1.58. The number of rotatable bonds is 6. The molecular weight excluding hydrogens is 429 g/mol. The molecule has 1 amide bonds. The van der Waals surface area contributed by atoms with Gasteiger partial charge in [0.25, 0.3) is 0 Å². The Bertz CT molecular complexity index is 1120. The average Bonchev–Trinajstić information content (AvgIpc) is 3.38. The van der Waals surface area contributed by atoms with Gasteiger partial charge in [-0.2, -0.15) is 0 Å². The topological polar surface area (TPSA) is 66.5 Å². The van der Waals surface area contributed by atoms with Gasteiger partial charge >= 0.3 is 0 Å². The molecule has 0 unspecified atom stereocenters. The van der Waals surface area contributed by atoms with E-state index in [9.17, 15) is 22.0 Å². The summed E-state index contributed by atoms with van der Waals surface area (Å²) in [6.07, 6.45) is 0.949. The van der Waals surface area contributed by atoms with E-state index in [1.54, 1.807) is 12.1 Å². The standard InChI is InChI=1S/C22H23F3N2O3S/c1-13-12-27(19(13)11-26-31(2,29)30)21(28)16-10-22(16,25)15-7-4-3-6-14(15)20-17(23)8-5-9-18(20)24/h3-9,13,16,19,26H,10-12H2,1-2H3/t13-,16+,19-,22-/m1/s1. The van der Waals surface area contributed by atoms with Crippen LogP contribution in [-0.2, 0) is 20.5 Å². The summed E-state index contributed by atoms with van der Waals surface area (Å²) in [6.45, 7) is 2.37. The first-order valence-corrected chi connectivity index (χ1v) is 11.9. The van der Waals surface area contributed by atoms with E-state index < -0.39 is 39.2 Å². The first-order chi connectivity index (χ1) is 14.5. The SMILES string of the molecule is C[C@@H]1CN(C(=O)[C@@H]2C[C@@]2(F)c2ccccc2-c2c(F)cccc2F)[C@@H]1CNS(C)(=O)=O. The van der Waals surface area contributed by atoms with Crippen molar-refractivity contribution in [2.45, 2.75) is 25.1 Å². The Morgan fingerprint density at radius 1 is 1.16 bits per heavy atom. The summed E-state index contributed by atoms with van der Waals surface area (Å²) in [5, 5.41) is 0. The molecule has 31 heavy (non-hydrogen) atoms. The lowest BCUT2D eigenvalue weighted by Crippen LogP contribution is -2.62. The number of carbonyl (C=O) groups excluding carboxylic acids is 1. The largest absolute Gasteiger partial charge is 0.337 e. The van der Waals surface area contributed by atoms with Gasteiger partial charge in [-0.1, -0.05) is 37.3 Å². The third-order valence-corrected chi connectivity index (χ3v) is 6.87. The predicted octanol–water partition coefficient (Wildman–Crippen LogP) is 3.21. The minimum Gasteiger partial charge on any atom is -0.337 e. The van der Waals surface area contributed by atoms with E-state index in [0.717, 1.165) is 18.4 Å². The lowest BCUT2D eigenvalue weighted by atomic mass is 9.89. The Labute approximate surface area is 179 Å². The fraction of sp³-hybridized carbons (Fsp3) is 0.409. The highest BCUT2D eigenvalue weighted by Crippen LogP contribution is 2.59. The molecule has 0 spiro atoms. The predicted molar refractivity (Wildman–Crippen MR) is 110 cm³/mol. The van der Waals surface area contributed by atoms with E-state index in [2.05, 4.69) is 4.72 Å². The van der Waals surface area contributed by atoms with Crippen LogP contribution in [-0.4, -0.2) is 44.6 Å². The molecule has 1 saturated carbocycles. The first-order valence-electron chi connectivity index (χ1n) is 10.0. The van der Waals surface area contributed by atoms with Crippen LogP contribution in [0.15, 0.2) is 42.5 Å². The van der Waals surface area contributed by atoms with Gasteiger partial charge < -0.3 is 4.90 Å². The number of nitrogens with one attached hydrogen (secondary N) is 1. The molecule has 0 radical (unpaired) electrons. The molecule has 4 atom stereocenters. The number of benzene rings is 2. The van der Waals surface area contributed by atoms with Crippen LogP contribution in [0.4, 0.5) is 13.2 Å². The molecule has 1 heterocycles.